The number of nitrogens with zero attached hydrogens (tertiary/aromatic N) is 1. The molecule has 0 aliphatic heterocycles. The number of carbonyl (C=O) groups is 3. The summed E-state index contributed by atoms with van der Waals surface area (Å²) < 4.78 is 0. The van der Waals surface area contributed by atoms with E-state index in [4.69, 9.17) is 5.73 Å². The Bertz CT molecular complexity index is 746. The summed E-state index contributed by atoms with van der Waals surface area (Å²) in [5.74, 6) is -1.19. The Morgan fingerprint density at radius 2 is 2.00 bits per heavy atom. The minimum atomic E-state index is -0.541. The third kappa shape index (κ3) is 4.05. The Kier molecular flexibility index (Phi) is 5.11. The molecule has 0 aliphatic carbocycles. The number of carbonyl (C=O) groups excluding carboxylic acids is 3. The summed E-state index contributed by atoms with van der Waals surface area (Å²) in [5.41, 5.74) is 6.02. The third-order valence-electron chi connectivity index (χ3n) is 3.05. The van der Waals surface area contributed by atoms with Gasteiger partial charge in [0, 0.05) is 29.3 Å². The fourth-order valence-electron chi connectivity index (χ4n) is 1.90. The third-order valence-corrected chi connectivity index (χ3v) is 3.41. The van der Waals surface area contributed by atoms with Crippen LogP contribution in [0.15, 0.2) is 35.4 Å². The van der Waals surface area contributed by atoms with Crippen LogP contribution in [0.1, 0.15) is 23.2 Å². The second-order valence-corrected chi connectivity index (χ2v) is 5.24. The van der Waals surface area contributed by atoms with Crippen LogP contribution in [0.5, 0.6) is 0 Å². The molecule has 1 heterocycles. The Balaban J connectivity index is 2.01. The van der Waals surface area contributed by atoms with E-state index in [1.807, 2.05) is 18.2 Å². The molecule has 0 saturated carbocycles. The van der Waals surface area contributed by atoms with Gasteiger partial charge in [0.2, 0.25) is 5.91 Å². The smallest absolute Gasteiger partial charge is 0.253 e. The van der Waals surface area contributed by atoms with E-state index in [1.165, 1.54) is 6.20 Å². The molecule has 0 saturated heterocycles. The van der Waals surface area contributed by atoms with Crippen molar-refractivity contribution in [2.24, 2.45) is 5.73 Å². The number of fused-ring (bicyclic) bond motifs is 1. The van der Waals surface area contributed by atoms with E-state index in [9.17, 15) is 14.4 Å². The molecule has 0 spiro atoms. The summed E-state index contributed by atoms with van der Waals surface area (Å²) in [6.45, 7) is -0.142. The number of nitrogens with two attached hydrogens (primary N) is 1. The first-order valence-corrected chi connectivity index (χ1v) is 7.08. The lowest BCUT2D eigenvalue weighted by atomic mass is 10.1. The van der Waals surface area contributed by atoms with Crippen LogP contribution in [0.4, 0.5) is 0 Å². The zero-order valence-corrected chi connectivity index (χ0v) is 12.6. The highest BCUT2D eigenvalue weighted by atomic mass is 32.1. The van der Waals surface area contributed by atoms with Crippen molar-refractivity contribution in [2.45, 2.75) is 17.7 Å². The van der Waals surface area contributed by atoms with Gasteiger partial charge in [-0.15, -0.1) is 12.6 Å². The topological polar surface area (TPSA) is 102 Å². The first-order chi connectivity index (χ1) is 10.5. The number of thiol groups is 1. The maximum atomic E-state index is 12.0. The van der Waals surface area contributed by atoms with E-state index in [1.54, 1.807) is 6.07 Å². The Morgan fingerprint density at radius 1 is 1.23 bits per heavy atom. The van der Waals surface area contributed by atoms with Gasteiger partial charge in [-0.25, -0.2) is 0 Å². The maximum absolute atomic E-state index is 12.0. The van der Waals surface area contributed by atoms with E-state index >= 15 is 0 Å². The lowest BCUT2D eigenvalue weighted by Gasteiger charge is -2.06. The molecule has 0 fully saturated rings. The average Bonchev–Trinajstić information content (AvgIpc) is 2.50. The zero-order chi connectivity index (χ0) is 16.1. The average molecular weight is 317 g/mol. The number of benzene rings is 1. The van der Waals surface area contributed by atoms with E-state index < -0.39 is 11.8 Å². The van der Waals surface area contributed by atoms with Crippen molar-refractivity contribution in [3.05, 3.63) is 36.0 Å². The van der Waals surface area contributed by atoms with Crippen LogP contribution < -0.4 is 11.1 Å². The number of Topliss-reactive ketones (excluding diaryl/α,β-unsaturated/α-hetero) is 1. The fraction of sp³-hybridized carbons (Fsp3) is 0.200. The first-order valence-electron chi connectivity index (χ1n) is 6.63. The SMILES string of the molecule is NC(=O)CCC(=O)CNC(=O)c1cnc2c(S)cccc2c1. The van der Waals surface area contributed by atoms with E-state index in [2.05, 4.69) is 22.9 Å². The van der Waals surface area contributed by atoms with Crippen LogP contribution >= 0.6 is 12.6 Å². The second kappa shape index (κ2) is 7.04. The van der Waals surface area contributed by atoms with Crippen LogP contribution in [0.2, 0.25) is 0 Å². The van der Waals surface area contributed by atoms with Crippen molar-refractivity contribution >= 4 is 41.1 Å². The first kappa shape index (κ1) is 16.0. The standard InChI is InChI=1S/C15H15N3O3S/c16-13(20)5-4-11(19)8-18-15(21)10-6-9-2-1-3-12(22)14(9)17-7-10/h1-3,6-7,22H,4-5,8H2,(H2,16,20)(H,18,21). The number of rotatable bonds is 6. The van der Waals surface area contributed by atoms with Gasteiger partial charge in [0.25, 0.3) is 5.91 Å². The number of ketones is 1. The van der Waals surface area contributed by atoms with Crippen LogP contribution in [0.3, 0.4) is 0 Å². The number of aromatic nitrogens is 1. The number of nitrogens with one attached hydrogen (secondary N) is 1. The van der Waals surface area contributed by atoms with Crippen LogP contribution in [-0.4, -0.2) is 29.1 Å². The normalized spacial score (nSPS) is 10.4. The van der Waals surface area contributed by atoms with Crippen molar-refractivity contribution in [1.29, 1.82) is 0 Å². The lowest BCUT2D eigenvalue weighted by molar-refractivity contribution is -0.123. The molecule has 0 unspecified atom stereocenters. The highest BCUT2D eigenvalue weighted by Crippen LogP contribution is 2.20. The number of para-hydroxylation sites is 1. The number of amides is 2. The molecule has 1 aromatic heterocycles. The second-order valence-electron chi connectivity index (χ2n) is 4.76. The molecule has 0 atom stereocenters. The Hall–Kier alpha value is -2.41. The molecule has 0 bridgehead atoms. The van der Waals surface area contributed by atoms with Crippen molar-refractivity contribution in [3.8, 4) is 0 Å². The fourth-order valence-corrected chi connectivity index (χ4v) is 2.17. The van der Waals surface area contributed by atoms with Gasteiger partial charge < -0.3 is 11.1 Å². The van der Waals surface area contributed by atoms with Gasteiger partial charge in [-0.05, 0) is 12.1 Å². The molecule has 22 heavy (non-hydrogen) atoms. The number of hydrogen-bond donors (Lipinski definition) is 3. The van der Waals surface area contributed by atoms with Gasteiger partial charge in [0.1, 0.15) is 0 Å². The predicted octanol–water partition coefficient (Wildman–Crippen LogP) is 1.09. The minimum absolute atomic E-state index is 0.0169. The highest BCUT2D eigenvalue weighted by Gasteiger charge is 2.10. The molecular formula is C15H15N3O3S. The molecule has 0 radical (unpaired) electrons. The van der Waals surface area contributed by atoms with E-state index in [0.717, 1.165) is 10.3 Å². The quantitative estimate of drug-likeness (QED) is 0.694. The molecule has 7 heteroatoms. The molecular weight excluding hydrogens is 302 g/mol. The number of primary amides is 1. The molecule has 114 valence electrons. The van der Waals surface area contributed by atoms with E-state index in [-0.39, 0.29) is 25.2 Å². The molecule has 2 aromatic rings. The van der Waals surface area contributed by atoms with Gasteiger partial charge >= 0.3 is 0 Å². The van der Waals surface area contributed by atoms with Crippen molar-refractivity contribution in [2.75, 3.05) is 6.54 Å². The molecule has 3 N–H and O–H groups in total. The zero-order valence-electron chi connectivity index (χ0n) is 11.7. The van der Waals surface area contributed by atoms with Gasteiger partial charge in [-0.2, -0.15) is 0 Å². The van der Waals surface area contributed by atoms with Gasteiger partial charge in [-0.1, -0.05) is 12.1 Å². The largest absolute Gasteiger partial charge is 0.370 e. The molecule has 1 aromatic carbocycles. The Labute approximate surface area is 132 Å². The van der Waals surface area contributed by atoms with E-state index in [0.29, 0.717) is 11.1 Å². The monoisotopic (exact) mass is 317 g/mol. The Morgan fingerprint density at radius 3 is 2.73 bits per heavy atom. The number of pyridine rings is 1. The summed E-state index contributed by atoms with van der Waals surface area (Å²) >= 11 is 4.30. The number of hydrogen-bond acceptors (Lipinski definition) is 5. The predicted molar refractivity (Wildman–Crippen MR) is 84.8 cm³/mol. The maximum Gasteiger partial charge on any atom is 0.253 e. The lowest BCUT2D eigenvalue weighted by Crippen LogP contribution is -2.30. The molecule has 0 aliphatic rings. The summed E-state index contributed by atoms with van der Waals surface area (Å²) in [6, 6.07) is 7.15. The summed E-state index contributed by atoms with van der Waals surface area (Å²) in [6.07, 6.45) is 1.44. The van der Waals surface area contributed by atoms with Crippen LogP contribution in [0, 0.1) is 0 Å². The van der Waals surface area contributed by atoms with Crippen LogP contribution in [-0.2, 0) is 9.59 Å². The summed E-state index contributed by atoms with van der Waals surface area (Å²) in [7, 11) is 0. The van der Waals surface area contributed by atoms with Crippen molar-refractivity contribution in [1.82, 2.24) is 10.3 Å². The summed E-state index contributed by atoms with van der Waals surface area (Å²) in [4.78, 5) is 39.0. The molecule has 6 nitrogen and oxygen atoms in total. The summed E-state index contributed by atoms with van der Waals surface area (Å²) in [5, 5.41) is 3.29. The minimum Gasteiger partial charge on any atom is -0.370 e. The van der Waals surface area contributed by atoms with Crippen LogP contribution in [0.25, 0.3) is 10.9 Å². The van der Waals surface area contributed by atoms with Gasteiger partial charge in [0.05, 0.1) is 17.6 Å². The molecule has 2 rings (SSSR count). The van der Waals surface area contributed by atoms with Crippen molar-refractivity contribution in [3.63, 3.8) is 0 Å². The molecule has 2 amide bonds. The van der Waals surface area contributed by atoms with Gasteiger partial charge in [-0.3, -0.25) is 19.4 Å². The highest BCUT2D eigenvalue weighted by molar-refractivity contribution is 7.80. The van der Waals surface area contributed by atoms with Gasteiger partial charge in [0.15, 0.2) is 5.78 Å². The van der Waals surface area contributed by atoms with Crippen molar-refractivity contribution < 1.29 is 14.4 Å².